The van der Waals surface area contributed by atoms with Crippen molar-refractivity contribution in [2.45, 2.75) is 38.8 Å². The number of phenols is 1. The number of benzene rings is 2. The molecule has 2 heterocycles. The first kappa shape index (κ1) is 23.6. The van der Waals surface area contributed by atoms with E-state index in [4.69, 9.17) is 14.2 Å². The largest absolute Gasteiger partial charge is 0.507 e. The summed E-state index contributed by atoms with van der Waals surface area (Å²) in [5.41, 5.74) is 2.40. The lowest BCUT2D eigenvalue weighted by Gasteiger charge is -2.28. The predicted octanol–water partition coefficient (Wildman–Crippen LogP) is 3.63. The Labute approximate surface area is 198 Å². The fraction of sp³-hybridized carbons (Fsp3) is 0.385. The van der Waals surface area contributed by atoms with E-state index < -0.39 is 17.7 Å². The molecule has 2 aromatic carbocycles. The van der Waals surface area contributed by atoms with Crippen LogP contribution in [0.5, 0.6) is 17.2 Å². The van der Waals surface area contributed by atoms with E-state index in [1.165, 1.54) is 25.2 Å². The maximum Gasteiger partial charge on any atom is 0.295 e. The number of amides is 1. The molecular formula is C26H29NO7. The number of hydrogen-bond donors (Lipinski definition) is 2. The van der Waals surface area contributed by atoms with Gasteiger partial charge in [-0.2, -0.15) is 0 Å². The average Bonchev–Trinajstić information content (AvgIpc) is 3.40. The fourth-order valence-electron chi connectivity index (χ4n) is 4.85. The number of ether oxygens (including phenoxy) is 3. The Bertz CT molecular complexity index is 1160. The standard InChI is InChI=1S/C26H29NO7/c1-14-10-15(2)25(33-4)18(11-14)23(29)21-22(16-7-8-20(32-3)19(28)12-16)27(26(31)24(21)30)13-17-6-5-9-34-17/h7-8,10-12,17,22,28-29H,5-6,9,13H2,1-4H3/b23-21+. The fourth-order valence-corrected chi connectivity index (χ4v) is 4.85. The lowest BCUT2D eigenvalue weighted by Crippen LogP contribution is -2.36. The van der Waals surface area contributed by atoms with Crippen LogP contribution in [0.15, 0.2) is 35.9 Å². The number of phenolic OH excluding ortho intramolecular Hbond substituents is 1. The summed E-state index contributed by atoms with van der Waals surface area (Å²) in [6, 6.07) is 7.40. The van der Waals surface area contributed by atoms with E-state index >= 15 is 0 Å². The summed E-state index contributed by atoms with van der Waals surface area (Å²) >= 11 is 0. The summed E-state index contributed by atoms with van der Waals surface area (Å²) in [5.74, 6) is -1.29. The van der Waals surface area contributed by atoms with Gasteiger partial charge in [0.2, 0.25) is 0 Å². The Hall–Kier alpha value is -3.52. The minimum atomic E-state index is -0.911. The molecule has 2 aromatic rings. The molecule has 2 unspecified atom stereocenters. The molecule has 0 aliphatic carbocycles. The first-order valence-corrected chi connectivity index (χ1v) is 11.2. The number of Topliss-reactive ketones (excluding diaryl/α,β-unsaturated/α-hetero) is 1. The molecule has 2 N–H and O–H groups in total. The molecule has 0 saturated carbocycles. The number of carbonyl (C=O) groups excluding carboxylic acids is 2. The van der Waals surface area contributed by atoms with Crippen LogP contribution in [-0.4, -0.2) is 60.3 Å². The molecule has 180 valence electrons. The molecule has 0 radical (unpaired) electrons. The SMILES string of the molecule is COc1ccc(C2/C(=C(\O)c3cc(C)cc(C)c3OC)C(=O)C(=O)N2CC2CCCO2)cc1O. The topological polar surface area (TPSA) is 106 Å². The number of aryl methyl sites for hydroxylation is 2. The van der Waals surface area contributed by atoms with Crippen LogP contribution in [0.1, 0.15) is 41.1 Å². The molecular weight excluding hydrogens is 438 g/mol. The Morgan fingerprint density at radius 3 is 2.53 bits per heavy atom. The predicted molar refractivity (Wildman–Crippen MR) is 125 cm³/mol. The third-order valence-electron chi connectivity index (χ3n) is 6.36. The number of likely N-dealkylation sites (tertiary alicyclic amines) is 1. The number of aromatic hydroxyl groups is 1. The third-order valence-corrected chi connectivity index (χ3v) is 6.36. The van der Waals surface area contributed by atoms with Crippen LogP contribution < -0.4 is 9.47 Å². The number of aliphatic hydroxyl groups excluding tert-OH is 1. The van der Waals surface area contributed by atoms with Gasteiger partial charge in [0.15, 0.2) is 11.5 Å². The molecule has 0 bridgehead atoms. The van der Waals surface area contributed by atoms with Gasteiger partial charge in [0.05, 0.1) is 37.5 Å². The molecule has 8 heteroatoms. The molecule has 2 aliphatic rings. The van der Waals surface area contributed by atoms with Crippen molar-refractivity contribution >= 4 is 17.4 Å². The van der Waals surface area contributed by atoms with Crippen molar-refractivity contribution in [1.82, 2.24) is 4.90 Å². The second-order valence-electron chi connectivity index (χ2n) is 8.68. The van der Waals surface area contributed by atoms with Gasteiger partial charge >= 0.3 is 0 Å². The Balaban J connectivity index is 1.91. The Kier molecular flexibility index (Phi) is 6.52. The van der Waals surface area contributed by atoms with Crippen molar-refractivity contribution in [2.24, 2.45) is 0 Å². The molecule has 2 saturated heterocycles. The van der Waals surface area contributed by atoms with Gasteiger partial charge in [-0.05, 0) is 61.6 Å². The monoisotopic (exact) mass is 467 g/mol. The number of carbonyl (C=O) groups is 2. The van der Waals surface area contributed by atoms with Gasteiger partial charge in [-0.15, -0.1) is 0 Å². The van der Waals surface area contributed by atoms with E-state index in [2.05, 4.69) is 0 Å². The highest BCUT2D eigenvalue weighted by Crippen LogP contribution is 2.43. The molecule has 4 rings (SSSR count). The first-order valence-electron chi connectivity index (χ1n) is 11.2. The zero-order valence-electron chi connectivity index (χ0n) is 19.8. The molecule has 0 spiro atoms. The van der Waals surface area contributed by atoms with Gasteiger partial charge in [0.25, 0.3) is 11.7 Å². The van der Waals surface area contributed by atoms with Crippen LogP contribution in [-0.2, 0) is 14.3 Å². The number of methoxy groups -OCH3 is 2. The highest BCUT2D eigenvalue weighted by molar-refractivity contribution is 6.46. The number of ketones is 1. The van der Waals surface area contributed by atoms with Crippen LogP contribution in [0.3, 0.4) is 0 Å². The number of rotatable bonds is 6. The summed E-state index contributed by atoms with van der Waals surface area (Å²) < 4.78 is 16.4. The van der Waals surface area contributed by atoms with Crippen molar-refractivity contribution in [3.63, 3.8) is 0 Å². The first-order chi connectivity index (χ1) is 16.3. The third kappa shape index (κ3) is 4.09. The summed E-state index contributed by atoms with van der Waals surface area (Å²) in [7, 11) is 2.92. The molecule has 0 aromatic heterocycles. The summed E-state index contributed by atoms with van der Waals surface area (Å²) in [6.07, 6.45) is 1.44. The maximum absolute atomic E-state index is 13.3. The summed E-state index contributed by atoms with van der Waals surface area (Å²) in [6.45, 7) is 4.51. The van der Waals surface area contributed by atoms with Crippen LogP contribution in [0.25, 0.3) is 5.76 Å². The van der Waals surface area contributed by atoms with Gasteiger partial charge < -0.3 is 29.3 Å². The van der Waals surface area contributed by atoms with Crippen LogP contribution >= 0.6 is 0 Å². The van der Waals surface area contributed by atoms with Crippen LogP contribution in [0, 0.1) is 13.8 Å². The average molecular weight is 468 g/mol. The molecule has 1 amide bonds. The van der Waals surface area contributed by atoms with Gasteiger partial charge in [0, 0.05) is 13.2 Å². The van der Waals surface area contributed by atoms with Crippen molar-refractivity contribution in [3.8, 4) is 17.2 Å². The molecule has 34 heavy (non-hydrogen) atoms. The maximum atomic E-state index is 13.3. The normalized spacial score (nSPS) is 21.8. The molecule has 2 atom stereocenters. The van der Waals surface area contributed by atoms with Gasteiger partial charge in [0.1, 0.15) is 11.5 Å². The quantitative estimate of drug-likeness (QED) is 0.380. The number of nitrogens with zero attached hydrogens (tertiary/aromatic N) is 1. The highest BCUT2D eigenvalue weighted by atomic mass is 16.5. The van der Waals surface area contributed by atoms with Crippen molar-refractivity contribution in [1.29, 1.82) is 0 Å². The van der Waals surface area contributed by atoms with Crippen molar-refractivity contribution < 1.29 is 34.0 Å². The van der Waals surface area contributed by atoms with E-state index in [1.807, 2.05) is 19.9 Å². The molecule has 8 nitrogen and oxygen atoms in total. The zero-order valence-corrected chi connectivity index (χ0v) is 19.8. The summed E-state index contributed by atoms with van der Waals surface area (Å²) in [5, 5.41) is 21.8. The zero-order chi connectivity index (χ0) is 24.6. The van der Waals surface area contributed by atoms with E-state index in [0.717, 1.165) is 24.0 Å². The van der Waals surface area contributed by atoms with E-state index in [9.17, 15) is 19.8 Å². The van der Waals surface area contributed by atoms with Crippen LogP contribution in [0.4, 0.5) is 0 Å². The van der Waals surface area contributed by atoms with Crippen molar-refractivity contribution in [3.05, 3.63) is 58.2 Å². The smallest absolute Gasteiger partial charge is 0.295 e. The van der Waals surface area contributed by atoms with E-state index in [1.54, 1.807) is 18.2 Å². The van der Waals surface area contributed by atoms with E-state index in [0.29, 0.717) is 23.5 Å². The lowest BCUT2D eigenvalue weighted by molar-refractivity contribution is -0.140. The van der Waals surface area contributed by atoms with Gasteiger partial charge in [-0.3, -0.25) is 9.59 Å². The van der Waals surface area contributed by atoms with Crippen LogP contribution in [0.2, 0.25) is 0 Å². The second kappa shape index (κ2) is 9.38. The number of aliphatic hydroxyl groups is 1. The lowest BCUT2D eigenvalue weighted by atomic mass is 9.93. The highest BCUT2D eigenvalue weighted by Gasteiger charge is 2.47. The second-order valence-corrected chi connectivity index (χ2v) is 8.68. The van der Waals surface area contributed by atoms with Gasteiger partial charge in [-0.25, -0.2) is 0 Å². The van der Waals surface area contributed by atoms with E-state index in [-0.39, 0.29) is 35.5 Å². The minimum absolute atomic E-state index is 0.0594. The van der Waals surface area contributed by atoms with Gasteiger partial charge in [-0.1, -0.05) is 12.1 Å². The number of hydrogen-bond acceptors (Lipinski definition) is 7. The van der Waals surface area contributed by atoms with Crippen molar-refractivity contribution in [2.75, 3.05) is 27.4 Å². The minimum Gasteiger partial charge on any atom is -0.507 e. The Morgan fingerprint density at radius 2 is 1.91 bits per heavy atom. The summed E-state index contributed by atoms with van der Waals surface area (Å²) in [4.78, 5) is 27.9. The molecule has 2 fully saturated rings. The molecule has 2 aliphatic heterocycles. The Morgan fingerprint density at radius 1 is 1.15 bits per heavy atom.